The first-order valence-corrected chi connectivity index (χ1v) is 12.5. The van der Waals surface area contributed by atoms with Gasteiger partial charge in [-0.15, -0.1) is 0 Å². The first-order chi connectivity index (χ1) is 13.5. The van der Waals surface area contributed by atoms with Crippen molar-refractivity contribution in [1.82, 2.24) is 4.90 Å². The van der Waals surface area contributed by atoms with E-state index in [9.17, 15) is 0 Å². The Morgan fingerprint density at radius 2 is 1.29 bits per heavy atom. The molecule has 3 saturated carbocycles. The monoisotopic (exact) mass is 388 g/mol. The van der Waals surface area contributed by atoms with Gasteiger partial charge in [-0.05, 0) is 76.2 Å². The molecular formula is C24H47BN3. The molecule has 0 heterocycles. The van der Waals surface area contributed by atoms with E-state index in [1.54, 1.807) is 0 Å². The molecule has 0 aliphatic heterocycles. The lowest BCUT2D eigenvalue weighted by Gasteiger charge is -2.47. The first kappa shape index (κ1) is 22.6. The molecule has 3 aliphatic rings. The fraction of sp³-hybridized carbons (Fsp3) is 1.00. The van der Waals surface area contributed by atoms with E-state index < -0.39 is 0 Å². The molecule has 2 atom stereocenters. The average Bonchev–Trinajstić information content (AvgIpc) is 3.18. The third kappa shape index (κ3) is 5.98. The van der Waals surface area contributed by atoms with Crippen LogP contribution in [0, 0.1) is 17.8 Å². The highest BCUT2D eigenvalue weighted by Crippen LogP contribution is 2.38. The summed E-state index contributed by atoms with van der Waals surface area (Å²) in [4.78, 5) is 2.85. The molecule has 28 heavy (non-hydrogen) atoms. The largest absolute Gasteiger partial charge is 0.328 e. The van der Waals surface area contributed by atoms with Gasteiger partial charge in [0.25, 0.3) is 0 Å². The van der Waals surface area contributed by atoms with Crippen molar-refractivity contribution in [2.45, 2.75) is 127 Å². The van der Waals surface area contributed by atoms with Crippen LogP contribution >= 0.6 is 0 Å². The van der Waals surface area contributed by atoms with Gasteiger partial charge in [-0.1, -0.05) is 51.7 Å². The first-order valence-electron chi connectivity index (χ1n) is 12.5. The summed E-state index contributed by atoms with van der Waals surface area (Å²) in [7, 11) is 5.18. The van der Waals surface area contributed by atoms with Crippen LogP contribution in [-0.4, -0.2) is 43.4 Å². The van der Waals surface area contributed by atoms with Crippen molar-refractivity contribution >= 4 is 7.28 Å². The van der Waals surface area contributed by atoms with Crippen LogP contribution in [-0.2, 0) is 0 Å². The molecule has 0 aromatic heterocycles. The molecule has 0 bridgehead atoms. The van der Waals surface area contributed by atoms with Crippen LogP contribution in [0.2, 0.25) is 12.1 Å². The van der Waals surface area contributed by atoms with Gasteiger partial charge in [0.1, 0.15) is 7.28 Å². The zero-order chi connectivity index (χ0) is 20.1. The highest BCUT2D eigenvalue weighted by atomic mass is 15.2. The predicted octanol–water partition coefficient (Wildman–Crippen LogP) is 4.83. The van der Waals surface area contributed by atoms with Crippen LogP contribution < -0.4 is 11.5 Å². The van der Waals surface area contributed by atoms with Crippen molar-refractivity contribution in [3.63, 3.8) is 0 Å². The molecule has 0 saturated heterocycles. The minimum Gasteiger partial charge on any atom is -0.328 e. The smallest absolute Gasteiger partial charge is 0.115 e. The fourth-order valence-electron chi connectivity index (χ4n) is 6.80. The van der Waals surface area contributed by atoms with Crippen molar-refractivity contribution in [2.24, 2.45) is 29.2 Å². The second-order valence-electron chi connectivity index (χ2n) is 10.8. The number of nitrogens with two attached hydrogens (primary N) is 2. The van der Waals surface area contributed by atoms with Crippen LogP contribution in [0.1, 0.15) is 90.9 Å². The van der Waals surface area contributed by atoms with Gasteiger partial charge in [0, 0.05) is 24.2 Å². The second-order valence-corrected chi connectivity index (χ2v) is 10.8. The molecule has 4 heteroatoms. The molecule has 1 radical (unpaired) electrons. The van der Waals surface area contributed by atoms with Crippen LogP contribution in [0.5, 0.6) is 0 Å². The summed E-state index contributed by atoms with van der Waals surface area (Å²) in [5.41, 5.74) is 12.5. The molecule has 0 amide bonds. The third-order valence-corrected chi connectivity index (χ3v) is 8.45. The molecule has 3 fully saturated rings. The summed E-state index contributed by atoms with van der Waals surface area (Å²) < 4.78 is 0. The van der Waals surface area contributed by atoms with Crippen molar-refractivity contribution in [3.05, 3.63) is 0 Å². The maximum Gasteiger partial charge on any atom is 0.115 e. The summed E-state index contributed by atoms with van der Waals surface area (Å²) in [6.07, 6.45) is 17.2. The van der Waals surface area contributed by atoms with E-state index in [-0.39, 0.29) is 0 Å². The lowest BCUT2D eigenvalue weighted by molar-refractivity contribution is 0.0396. The Hall–Kier alpha value is -0.0551. The molecule has 2 unspecified atom stereocenters. The number of hydrogen-bond donors (Lipinski definition) is 2. The molecule has 4 N–H and O–H groups in total. The summed E-state index contributed by atoms with van der Waals surface area (Å²) in [5.74, 6) is 3.25. The zero-order valence-electron chi connectivity index (χ0n) is 19.0. The molecule has 161 valence electrons. The summed E-state index contributed by atoms with van der Waals surface area (Å²) in [5, 5.41) is 0. The van der Waals surface area contributed by atoms with E-state index in [0.717, 1.165) is 17.7 Å². The molecule has 3 rings (SSSR count). The topological polar surface area (TPSA) is 55.3 Å². The molecular weight excluding hydrogens is 341 g/mol. The summed E-state index contributed by atoms with van der Waals surface area (Å²) in [6, 6.07) is 2.30. The Morgan fingerprint density at radius 3 is 1.79 bits per heavy atom. The van der Waals surface area contributed by atoms with Crippen molar-refractivity contribution in [1.29, 1.82) is 0 Å². The molecule has 3 nitrogen and oxygen atoms in total. The fourth-order valence-corrected chi connectivity index (χ4v) is 6.80. The van der Waals surface area contributed by atoms with Crippen LogP contribution in [0.3, 0.4) is 0 Å². The highest BCUT2D eigenvalue weighted by molar-refractivity contribution is 6.37. The van der Waals surface area contributed by atoms with E-state index in [2.05, 4.69) is 33.1 Å². The van der Waals surface area contributed by atoms with Crippen LogP contribution in [0.4, 0.5) is 0 Å². The van der Waals surface area contributed by atoms with Gasteiger partial charge in [-0.25, -0.2) is 0 Å². The van der Waals surface area contributed by atoms with Crippen molar-refractivity contribution in [3.8, 4) is 0 Å². The van der Waals surface area contributed by atoms with E-state index in [1.165, 1.54) is 83.4 Å². The third-order valence-electron chi connectivity index (χ3n) is 8.45. The zero-order valence-corrected chi connectivity index (χ0v) is 19.0. The lowest BCUT2D eigenvalue weighted by Crippen LogP contribution is -2.52. The van der Waals surface area contributed by atoms with E-state index >= 15 is 0 Å². The Kier molecular flexibility index (Phi) is 8.74. The number of hydrogen-bond acceptors (Lipinski definition) is 3. The van der Waals surface area contributed by atoms with Crippen LogP contribution in [0.25, 0.3) is 0 Å². The molecule has 3 aliphatic carbocycles. The lowest BCUT2D eigenvalue weighted by atomic mass is 9.57. The van der Waals surface area contributed by atoms with Gasteiger partial charge >= 0.3 is 0 Å². The average molecular weight is 388 g/mol. The predicted molar refractivity (Wildman–Crippen MR) is 123 cm³/mol. The molecule has 0 spiro atoms. The van der Waals surface area contributed by atoms with Crippen molar-refractivity contribution < 1.29 is 0 Å². The Balaban J connectivity index is 1.69. The van der Waals surface area contributed by atoms with Gasteiger partial charge in [0.15, 0.2) is 0 Å². The quantitative estimate of drug-likeness (QED) is 0.586. The van der Waals surface area contributed by atoms with E-state index in [0.29, 0.717) is 30.1 Å². The van der Waals surface area contributed by atoms with Gasteiger partial charge in [-0.2, -0.15) is 0 Å². The Bertz CT molecular complexity index is 435. The molecule has 0 aromatic rings. The van der Waals surface area contributed by atoms with Crippen molar-refractivity contribution in [2.75, 3.05) is 7.05 Å². The summed E-state index contributed by atoms with van der Waals surface area (Å²) in [6.45, 7) is 4.90. The minimum atomic E-state index is 0.445. The van der Waals surface area contributed by atoms with E-state index in [4.69, 9.17) is 11.5 Å². The number of nitrogens with zero attached hydrogens (tertiary/aromatic N) is 1. The SMILES string of the molecule is CC(C)C(C1CCC(N)CC1)N(C)C(C[B]C1CCCC1)C1CCC(N)CC1. The van der Waals surface area contributed by atoms with Gasteiger partial charge in [-0.3, -0.25) is 0 Å². The highest BCUT2D eigenvalue weighted by Gasteiger charge is 2.37. The minimum absolute atomic E-state index is 0.445. The normalized spacial score (nSPS) is 34.7. The molecule has 0 aromatic carbocycles. The maximum atomic E-state index is 6.25. The second kappa shape index (κ2) is 10.8. The maximum absolute atomic E-state index is 6.25. The van der Waals surface area contributed by atoms with Gasteiger partial charge in [0.2, 0.25) is 0 Å². The van der Waals surface area contributed by atoms with Gasteiger partial charge < -0.3 is 16.4 Å². The Labute approximate surface area is 176 Å². The number of rotatable bonds is 8. The van der Waals surface area contributed by atoms with Crippen LogP contribution in [0.15, 0.2) is 0 Å². The van der Waals surface area contributed by atoms with E-state index in [1.807, 2.05) is 0 Å². The summed E-state index contributed by atoms with van der Waals surface area (Å²) >= 11 is 0. The van der Waals surface area contributed by atoms with Gasteiger partial charge in [0.05, 0.1) is 0 Å². The Morgan fingerprint density at radius 1 is 0.786 bits per heavy atom. The standard InChI is InChI=1S/C24H47BN3/c1-17(2)24(19-10-14-22(27)15-11-19)28(3)23(16-25-20-6-4-5-7-20)18-8-12-21(26)13-9-18/h17-24H,4-16,26-27H2,1-3H3.